The minimum absolute atomic E-state index is 0.529. The molecule has 16 heavy (non-hydrogen) atoms. The van der Waals surface area contributed by atoms with E-state index in [-0.39, 0.29) is 0 Å². The van der Waals surface area contributed by atoms with Gasteiger partial charge in [0.1, 0.15) is 4.08 Å². The van der Waals surface area contributed by atoms with Gasteiger partial charge >= 0.3 is 0 Å². The SMILES string of the molecule is SC1(S)c2ccccc2Nc2ccccc21. The van der Waals surface area contributed by atoms with Crippen LogP contribution in [0.4, 0.5) is 11.4 Å². The number of nitrogens with one attached hydrogen (secondary N) is 1. The van der Waals surface area contributed by atoms with Crippen molar-refractivity contribution in [2.45, 2.75) is 4.08 Å². The fourth-order valence-electron chi connectivity index (χ4n) is 2.08. The summed E-state index contributed by atoms with van der Waals surface area (Å²) in [7, 11) is 0. The second-order valence-electron chi connectivity index (χ2n) is 3.89. The van der Waals surface area contributed by atoms with E-state index >= 15 is 0 Å². The van der Waals surface area contributed by atoms with E-state index in [9.17, 15) is 0 Å². The van der Waals surface area contributed by atoms with E-state index in [1.165, 1.54) is 0 Å². The molecule has 1 N–H and O–H groups in total. The molecule has 0 saturated heterocycles. The zero-order chi connectivity index (χ0) is 11.2. The molecule has 80 valence electrons. The van der Waals surface area contributed by atoms with Crippen molar-refractivity contribution in [2.75, 3.05) is 5.32 Å². The first-order valence-electron chi connectivity index (χ1n) is 5.10. The molecule has 3 rings (SSSR count). The van der Waals surface area contributed by atoms with Crippen LogP contribution >= 0.6 is 25.3 Å². The summed E-state index contributed by atoms with van der Waals surface area (Å²) < 4.78 is -0.529. The smallest absolute Gasteiger partial charge is 0.110 e. The Kier molecular flexibility index (Phi) is 2.19. The lowest BCUT2D eigenvalue weighted by Gasteiger charge is -2.33. The van der Waals surface area contributed by atoms with Crippen molar-refractivity contribution in [2.24, 2.45) is 0 Å². The van der Waals surface area contributed by atoms with Crippen LogP contribution in [0.25, 0.3) is 0 Å². The number of fused-ring (bicyclic) bond motifs is 2. The van der Waals surface area contributed by atoms with Crippen molar-refractivity contribution in [3.8, 4) is 0 Å². The van der Waals surface area contributed by atoms with Crippen molar-refractivity contribution >= 4 is 36.6 Å². The Bertz CT molecular complexity index is 502. The summed E-state index contributed by atoms with van der Waals surface area (Å²) in [6, 6.07) is 16.2. The zero-order valence-electron chi connectivity index (χ0n) is 8.51. The Hall–Kier alpha value is -1.06. The maximum Gasteiger partial charge on any atom is 0.110 e. The number of benzene rings is 2. The molecule has 0 atom stereocenters. The highest BCUT2D eigenvalue weighted by atomic mass is 32.2. The van der Waals surface area contributed by atoms with E-state index in [1.54, 1.807) is 0 Å². The molecular weight excluding hydrogens is 234 g/mol. The number of thiol groups is 2. The third kappa shape index (κ3) is 1.35. The van der Waals surface area contributed by atoms with Gasteiger partial charge in [-0.2, -0.15) is 25.3 Å². The zero-order valence-corrected chi connectivity index (χ0v) is 10.3. The Morgan fingerprint density at radius 1 is 0.750 bits per heavy atom. The third-order valence-electron chi connectivity index (χ3n) is 2.87. The van der Waals surface area contributed by atoms with Crippen LogP contribution < -0.4 is 5.32 Å². The molecule has 0 saturated carbocycles. The van der Waals surface area contributed by atoms with Gasteiger partial charge in [0.25, 0.3) is 0 Å². The van der Waals surface area contributed by atoms with Crippen LogP contribution in [0.5, 0.6) is 0 Å². The van der Waals surface area contributed by atoms with Crippen molar-refractivity contribution < 1.29 is 0 Å². The highest BCUT2D eigenvalue weighted by Gasteiger charge is 2.33. The molecule has 0 aromatic heterocycles. The van der Waals surface area contributed by atoms with E-state index in [2.05, 4.69) is 17.4 Å². The van der Waals surface area contributed by atoms with Gasteiger partial charge < -0.3 is 5.32 Å². The van der Waals surface area contributed by atoms with Gasteiger partial charge in [-0.05, 0) is 12.1 Å². The average Bonchev–Trinajstić information content (AvgIpc) is 2.29. The average molecular weight is 245 g/mol. The summed E-state index contributed by atoms with van der Waals surface area (Å²) in [5.41, 5.74) is 4.35. The monoisotopic (exact) mass is 245 g/mol. The molecule has 1 aliphatic rings. The molecule has 3 heteroatoms. The van der Waals surface area contributed by atoms with Crippen LogP contribution in [0.3, 0.4) is 0 Å². The van der Waals surface area contributed by atoms with Crippen molar-refractivity contribution in [3.63, 3.8) is 0 Å². The molecular formula is C13H11NS2. The van der Waals surface area contributed by atoms with E-state index in [0.29, 0.717) is 0 Å². The lowest BCUT2D eigenvalue weighted by molar-refractivity contribution is 1.07. The molecule has 0 spiro atoms. The fraction of sp³-hybridized carbons (Fsp3) is 0.0769. The second-order valence-corrected chi connectivity index (χ2v) is 5.58. The molecule has 0 bridgehead atoms. The minimum Gasteiger partial charge on any atom is -0.355 e. The summed E-state index contributed by atoms with van der Waals surface area (Å²) in [6.07, 6.45) is 0. The number of hydrogen-bond donors (Lipinski definition) is 3. The van der Waals surface area contributed by atoms with Gasteiger partial charge in [0.2, 0.25) is 0 Å². The third-order valence-corrected chi connectivity index (χ3v) is 3.84. The highest BCUT2D eigenvalue weighted by molar-refractivity contribution is 8.00. The van der Waals surface area contributed by atoms with Crippen LogP contribution in [0, 0.1) is 0 Å². The number of rotatable bonds is 0. The predicted octanol–water partition coefficient (Wildman–Crippen LogP) is 3.80. The van der Waals surface area contributed by atoms with E-state index in [0.717, 1.165) is 22.5 Å². The standard InChI is InChI=1S/C13H11NS2/c15-13(16)9-5-1-3-7-11(9)14-12-8-4-2-6-10(12)13/h1-8,14-16H. The van der Waals surface area contributed by atoms with E-state index < -0.39 is 4.08 Å². The van der Waals surface area contributed by atoms with E-state index in [1.807, 2.05) is 36.4 Å². The quantitative estimate of drug-likeness (QED) is 0.474. The van der Waals surface area contributed by atoms with Gasteiger partial charge in [-0.3, -0.25) is 0 Å². The number of para-hydroxylation sites is 2. The van der Waals surface area contributed by atoms with Gasteiger partial charge in [0.05, 0.1) is 0 Å². The summed E-state index contributed by atoms with van der Waals surface area (Å²) in [5.74, 6) is 0. The van der Waals surface area contributed by atoms with Gasteiger partial charge in [0, 0.05) is 22.5 Å². The fourth-order valence-corrected chi connectivity index (χ4v) is 2.86. The molecule has 1 nitrogen and oxygen atoms in total. The van der Waals surface area contributed by atoms with Crippen molar-refractivity contribution in [1.82, 2.24) is 0 Å². The Labute approximate surface area is 106 Å². The normalized spacial score (nSPS) is 15.9. The van der Waals surface area contributed by atoms with Crippen LogP contribution in [-0.4, -0.2) is 0 Å². The summed E-state index contributed by atoms with van der Waals surface area (Å²) in [6.45, 7) is 0. The largest absolute Gasteiger partial charge is 0.355 e. The number of anilines is 2. The summed E-state index contributed by atoms with van der Waals surface area (Å²) >= 11 is 9.40. The topological polar surface area (TPSA) is 12.0 Å². The molecule has 0 radical (unpaired) electrons. The molecule has 0 aliphatic carbocycles. The van der Waals surface area contributed by atoms with Crippen LogP contribution in [0.2, 0.25) is 0 Å². The first kappa shape index (κ1) is 10.1. The second kappa shape index (κ2) is 3.47. The molecule has 1 aliphatic heterocycles. The summed E-state index contributed by atoms with van der Waals surface area (Å²) in [5, 5.41) is 3.40. The highest BCUT2D eigenvalue weighted by Crippen LogP contribution is 2.50. The molecule has 0 fully saturated rings. The molecule has 2 aromatic carbocycles. The van der Waals surface area contributed by atoms with Crippen molar-refractivity contribution in [3.05, 3.63) is 59.7 Å². The minimum atomic E-state index is -0.529. The number of hydrogen-bond acceptors (Lipinski definition) is 3. The van der Waals surface area contributed by atoms with Gasteiger partial charge in [-0.1, -0.05) is 36.4 Å². The molecule has 0 unspecified atom stereocenters. The Morgan fingerprint density at radius 3 is 1.69 bits per heavy atom. The lowest BCUT2D eigenvalue weighted by Crippen LogP contribution is -2.21. The van der Waals surface area contributed by atoms with Crippen LogP contribution in [-0.2, 0) is 4.08 Å². The van der Waals surface area contributed by atoms with Crippen LogP contribution in [0.1, 0.15) is 11.1 Å². The molecule has 2 aromatic rings. The van der Waals surface area contributed by atoms with Crippen molar-refractivity contribution in [1.29, 1.82) is 0 Å². The van der Waals surface area contributed by atoms with Gasteiger partial charge in [0.15, 0.2) is 0 Å². The van der Waals surface area contributed by atoms with E-state index in [4.69, 9.17) is 25.3 Å². The first-order valence-corrected chi connectivity index (χ1v) is 6.00. The molecule has 0 amide bonds. The summed E-state index contributed by atoms with van der Waals surface area (Å²) in [4.78, 5) is 0. The lowest BCUT2D eigenvalue weighted by atomic mass is 9.96. The maximum atomic E-state index is 4.70. The first-order chi connectivity index (χ1) is 7.69. The Morgan fingerprint density at radius 2 is 1.19 bits per heavy atom. The molecule has 1 heterocycles. The Balaban J connectivity index is 2.28. The van der Waals surface area contributed by atoms with Gasteiger partial charge in [-0.15, -0.1) is 0 Å². The maximum absolute atomic E-state index is 4.70. The van der Waals surface area contributed by atoms with Crippen LogP contribution in [0.15, 0.2) is 48.5 Å². The van der Waals surface area contributed by atoms with Gasteiger partial charge in [-0.25, -0.2) is 0 Å². The predicted molar refractivity (Wildman–Crippen MR) is 74.9 cm³/mol.